The summed E-state index contributed by atoms with van der Waals surface area (Å²) in [5.74, 6) is -1.45. The molecule has 5 nitrogen and oxygen atoms in total. The molecule has 3 rings (SSSR count). The maximum atomic E-state index is 12.8. The van der Waals surface area contributed by atoms with Crippen molar-refractivity contribution in [1.29, 1.82) is 0 Å². The molecule has 1 amide bonds. The van der Waals surface area contributed by atoms with Gasteiger partial charge in [-0.25, -0.2) is 0 Å². The maximum Gasteiger partial charge on any atom is 0.416 e. The Balaban J connectivity index is 2.01. The van der Waals surface area contributed by atoms with Gasteiger partial charge in [0.15, 0.2) is 5.78 Å². The Morgan fingerprint density at radius 3 is 2.37 bits per heavy atom. The third-order valence-corrected chi connectivity index (χ3v) is 4.71. The largest absolute Gasteiger partial charge is 0.416 e. The van der Waals surface area contributed by atoms with Crippen LogP contribution in [0.15, 0.2) is 53.5 Å². The molecule has 0 saturated carbocycles. The van der Waals surface area contributed by atoms with Gasteiger partial charge in [-0.2, -0.15) is 13.2 Å². The topological polar surface area (TPSA) is 70.6 Å². The monoisotopic (exact) mass is 415 g/mol. The molecule has 156 valence electrons. The van der Waals surface area contributed by atoms with E-state index in [9.17, 15) is 22.8 Å². The lowest BCUT2D eigenvalue weighted by atomic mass is 9.93. The van der Waals surface area contributed by atoms with Crippen molar-refractivity contribution in [3.63, 3.8) is 0 Å². The van der Waals surface area contributed by atoms with Gasteiger partial charge in [0.25, 0.3) is 0 Å². The number of nitrogens with zero attached hydrogens (tertiary/aromatic N) is 1. The quantitative estimate of drug-likeness (QED) is 0.550. The zero-order valence-corrected chi connectivity index (χ0v) is 16.4. The van der Waals surface area contributed by atoms with E-state index >= 15 is 0 Å². The summed E-state index contributed by atoms with van der Waals surface area (Å²) in [6.45, 7) is 3.54. The molecule has 0 spiro atoms. The molecule has 1 fully saturated rings. The molecule has 1 unspecified atom stereocenters. The summed E-state index contributed by atoms with van der Waals surface area (Å²) in [7, 11) is 0. The Bertz CT molecular complexity index is 1010. The zero-order valence-electron chi connectivity index (χ0n) is 16.4. The van der Waals surface area contributed by atoms with E-state index in [1.807, 2.05) is 0 Å². The number of allylic oxidation sites excluding steroid dienone is 1. The van der Waals surface area contributed by atoms with Gasteiger partial charge in [0, 0.05) is 23.2 Å². The average Bonchev–Trinajstić information content (AvgIpc) is 3.04. The first-order chi connectivity index (χ1) is 14.2. The standard InChI is InChI=1S/C22H20F3N3O2/c1-3-17(26-4-2)16-11-13(20-19(29)12-27-21(20)30)5-10-18(16)28-15-8-6-14(7-9-15)22(23,24)25/h3-11,20,28H,12H2,1-2H3,(H,27,30)/b17-3-,26-4?. The molecule has 1 aliphatic heterocycles. The number of hydrogen-bond acceptors (Lipinski definition) is 4. The first kappa shape index (κ1) is 21.3. The third kappa shape index (κ3) is 4.42. The van der Waals surface area contributed by atoms with Gasteiger partial charge in [-0.05, 0) is 55.8 Å². The van der Waals surface area contributed by atoms with Crippen LogP contribution in [0.2, 0.25) is 0 Å². The number of alkyl halides is 3. The second kappa shape index (κ2) is 8.52. The number of halogens is 3. The van der Waals surface area contributed by atoms with Crippen LogP contribution in [0.3, 0.4) is 0 Å². The summed E-state index contributed by atoms with van der Waals surface area (Å²) in [6.07, 6.45) is -1.03. The van der Waals surface area contributed by atoms with Crippen molar-refractivity contribution >= 4 is 35.0 Å². The van der Waals surface area contributed by atoms with Gasteiger partial charge >= 0.3 is 6.18 Å². The van der Waals surface area contributed by atoms with E-state index in [0.29, 0.717) is 28.2 Å². The van der Waals surface area contributed by atoms with Gasteiger partial charge in [-0.15, -0.1) is 0 Å². The molecule has 30 heavy (non-hydrogen) atoms. The van der Waals surface area contributed by atoms with Gasteiger partial charge in [0.1, 0.15) is 5.92 Å². The van der Waals surface area contributed by atoms with Crippen molar-refractivity contribution < 1.29 is 22.8 Å². The lowest BCUT2D eigenvalue weighted by Crippen LogP contribution is -2.18. The number of amides is 1. The molecule has 1 atom stereocenters. The molecule has 0 aromatic heterocycles. The fourth-order valence-corrected chi connectivity index (χ4v) is 3.26. The maximum absolute atomic E-state index is 12.8. The summed E-state index contributed by atoms with van der Waals surface area (Å²) in [5.41, 5.74) is 2.07. The van der Waals surface area contributed by atoms with Crippen LogP contribution in [0.5, 0.6) is 0 Å². The van der Waals surface area contributed by atoms with Crippen LogP contribution in [0.4, 0.5) is 24.5 Å². The highest BCUT2D eigenvalue weighted by atomic mass is 19.4. The Kier molecular flexibility index (Phi) is 6.05. The Morgan fingerprint density at radius 2 is 1.83 bits per heavy atom. The molecule has 0 bridgehead atoms. The number of aliphatic imine (C=N–C) groups is 1. The normalized spacial score (nSPS) is 17.5. The molecule has 1 aliphatic rings. The number of carbonyl (C=O) groups excluding carboxylic acids is 2. The van der Waals surface area contributed by atoms with E-state index in [1.54, 1.807) is 44.3 Å². The highest BCUT2D eigenvalue weighted by Crippen LogP contribution is 2.34. The number of carbonyl (C=O) groups is 2. The predicted octanol–water partition coefficient (Wildman–Crippen LogP) is 4.68. The van der Waals surface area contributed by atoms with Crippen LogP contribution < -0.4 is 10.6 Å². The van der Waals surface area contributed by atoms with Crippen LogP contribution in [-0.4, -0.2) is 24.4 Å². The Hall–Kier alpha value is -3.42. The number of nitrogens with one attached hydrogen (secondary N) is 2. The van der Waals surface area contributed by atoms with Crippen molar-refractivity contribution in [2.75, 3.05) is 11.9 Å². The third-order valence-electron chi connectivity index (χ3n) is 4.71. The van der Waals surface area contributed by atoms with Crippen molar-refractivity contribution in [3.8, 4) is 0 Å². The highest BCUT2D eigenvalue weighted by molar-refractivity contribution is 6.13. The first-order valence-electron chi connectivity index (χ1n) is 9.28. The minimum absolute atomic E-state index is 0.00598. The van der Waals surface area contributed by atoms with Gasteiger partial charge < -0.3 is 10.6 Å². The molecule has 2 aromatic carbocycles. The second-order valence-electron chi connectivity index (χ2n) is 6.68. The van der Waals surface area contributed by atoms with Crippen LogP contribution in [-0.2, 0) is 15.8 Å². The number of rotatable bonds is 5. The van der Waals surface area contributed by atoms with E-state index in [2.05, 4.69) is 15.6 Å². The number of benzene rings is 2. The fraction of sp³-hybridized carbons (Fsp3) is 0.227. The highest BCUT2D eigenvalue weighted by Gasteiger charge is 2.34. The van der Waals surface area contributed by atoms with Crippen LogP contribution in [0.25, 0.3) is 5.70 Å². The lowest BCUT2D eigenvalue weighted by Gasteiger charge is -2.16. The summed E-state index contributed by atoms with van der Waals surface area (Å²) in [4.78, 5) is 28.5. The number of anilines is 2. The number of Topliss-reactive ketones (excluding diaryl/α,β-unsaturated/α-hetero) is 1. The summed E-state index contributed by atoms with van der Waals surface area (Å²) in [6, 6.07) is 9.74. The molecule has 1 heterocycles. The molecule has 0 aliphatic carbocycles. The molecule has 0 radical (unpaired) electrons. The van der Waals surface area contributed by atoms with E-state index in [0.717, 1.165) is 12.1 Å². The van der Waals surface area contributed by atoms with Gasteiger partial charge in [0.2, 0.25) is 5.91 Å². The molecule has 1 saturated heterocycles. The molecule has 2 N–H and O–H groups in total. The molecule has 2 aromatic rings. The van der Waals surface area contributed by atoms with E-state index in [-0.39, 0.29) is 18.2 Å². The van der Waals surface area contributed by atoms with Gasteiger partial charge in [0.05, 0.1) is 17.8 Å². The van der Waals surface area contributed by atoms with Crippen LogP contribution >= 0.6 is 0 Å². The summed E-state index contributed by atoms with van der Waals surface area (Å²) < 4.78 is 38.4. The van der Waals surface area contributed by atoms with Gasteiger partial charge in [-0.3, -0.25) is 14.6 Å². The Morgan fingerprint density at radius 1 is 1.13 bits per heavy atom. The van der Waals surface area contributed by atoms with E-state index in [4.69, 9.17) is 0 Å². The minimum Gasteiger partial charge on any atom is -0.355 e. The van der Waals surface area contributed by atoms with E-state index < -0.39 is 17.7 Å². The second-order valence-corrected chi connectivity index (χ2v) is 6.68. The smallest absolute Gasteiger partial charge is 0.355 e. The van der Waals surface area contributed by atoms with Crippen LogP contribution in [0, 0.1) is 0 Å². The van der Waals surface area contributed by atoms with Gasteiger partial charge in [-0.1, -0.05) is 12.1 Å². The molecular weight excluding hydrogens is 395 g/mol. The number of ketones is 1. The Labute approximate surface area is 171 Å². The van der Waals surface area contributed by atoms with Crippen molar-refractivity contribution in [2.24, 2.45) is 4.99 Å². The lowest BCUT2D eigenvalue weighted by molar-refractivity contribution is -0.137. The zero-order chi connectivity index (χ0) is 21.9. The average molecular weight is 415 g/mol. The minimum atomic E-state index is -4.41. The number of hydrogen-bond donors (Lipinski definition) is 2. The van der Waals surface area contributed by atoms with Crippen molar-refractivity contribution in [3.05, 3.63) is 65.2 Å². The molecule has 8 heteroatoms. The van der Waals surface area contributed by atoms with Crippen LogP contribution in [0.1, 0.15) is 36.5 Å². The molecular formula is C22H20F3N3O2. The van der Waals surface area contributed by atoms with E-state index in [1.165, 1.54) is 12.1 Å². The summed E-state index contributed by atoms with van der Waals surface area (Å²) >= 11 is 0. The first-order valence-corrected chi connectivity index (χ1v) is 9.28. The fourth-order valence-electron chi connectivity index (χ4n) is 3.26. The summed E-state index contributed by atoms with van der Waals surface area (Å²) in [5, 5.41) is 5.63. The predicted molar refractivity (Wildman–Crippen MR) is 110 cm³/mol. The van der Waals surface area contributed by atoms with Crippen molar-refractivity contribution in [1.82, 2.24) is 5.32 Å². The SMILES string of the molecule is CC=N/C(=C\C)c1cc(C2C(=O)CNC2=O)ccc1Nc1ccc(C(F)(F)F)cc1. The van der Waals surface area contributed by atoms with Crippen molar-refractivity contribution in [2.45, 2.75) is 25.9 Å².